The summed E-state index contributed by atoms with van der Waals surface area (Å²) < 4.78 is 16.4. The summed E-state index contributed by atoms with van der Waals surface area (Å²) in [5, 5.41) is 0. The molecule has 1 unspecified atom stereocenters. The molecule has 2 rings (SSSR count). The van der Waals surface area contributed by atoms with Crippen LogP contribution in [0, 0.1) is 0 Å². The SMILES string of the molecule is COc1cccc(C(CN)N2CCC(OC)CC2)c1OC. The molecule has 2 N–H and O–H groups in total. The Morgan fingerprint density at radius 2 is 1.90 bits per heavy atom. The molecule has 1 aliphatic heterocycles. The van der Waals surface area contributed by atoms with Crippen LogP contribution in [0.4, 0.5) is 0 Å². The zero-order valence-electron chi connectivity index (χ0n) is 13.2. The van der Waals surface area contributed by atoms with Gasteiger partial charge in [0.1, 0.15) is 0 Å². The number of nitrogens with zero attached hydrogens (tertiary/aromatic N) is 1. The van der Waals surface area contributed by atoms with E-state index in [1.54, 1.807) is 21.3 Å². The second kappa shape index (κ2) is 7.64. The van der Waals surface area contributed by atoms with Gasteiger partial charge in [-0.3, -0.25) is 4.90 Å². The lowest BCUT2D eigenvalue weighted by Gasteiger charge is -2.37. The Morgan fingerprint density at radius 1 is 1.19 bits per heavy atom. The van der Waals surface area contributed by atoms with Gasteiger partial charge in [-0.05, 0) is 18.9 Å². The van der Waals surface area contributed by atoms with E-state index in [2.05, 4.69) is 11.0 Å². The van der Waals surface area contributed by atoms with Gasteiger partial charge >= 0.3 is 0 Å². The second-order valence-corrected chi connectivity index (χ2v) is 5.31. The first-order valence-corrected chi connectivity index (χ1v) is 7.43. The molecule has 1 aromatic carbocycles. The van der Waals surface area contributed by atoms with Gasteiger partial charge < -0.3 is 19.9 Å². The fourth-order valence-electron chi connectivity index (χ4n) is 3.07. The zero-order chi connectivity index (χ0) is 15.2. The van der Waals surface area contributed by atoms with Crippen LogP contribution < -0.4 is 15.2 Å². The van der Waals surface area contributed by atoms with Gasteiger partial charge in [0, 0.05) is 32.3 Å². The first-order valence-electron chi connectivity index (χ1n) is 7.43. The second-order valence-electron chi connectivity index (χ2n) is 5.31. The third-order valence-electron chi connectivity index (χ3n) is 4.27. The highest BCUT2D eigenvalue weighted by atomic mass is 16.5. The molecule has 1 aliphatic rings. The normalized spacial score (nSPS) is 18.5. The number of piperidine rings is 1. The Kier molecular flexibility index (Phi) is 5.85. The van der Waals surface area contributed by atoms with Crippen molar-refractivity contribution in [3.8, 4) is 11.5 Å². The van der Waals surface area contributed by atoms with Crippen LogP contribution in [0.2, 0.25) is 0 Å². The Hall–Kier alpha value is -1.30. The molecule has 5 nitrogen and oxygen atoms in total. The number of ether oxygens (including phenoxy) is 3. The molecule has 21 heavy (non-hydrogen) atoms. The van der Waals surface area contributed by atoms with E-state index in [1.165, 1.54) is 0 Å². The standard InChI is InChI=1S/C16H26N2O3/c1-19-12-7-9-18(10-8-12)14(11-17)13-5-4-6-15(20-2)16(13)21-3/h4-6,12,14H,7-11,17H2,1-3H3. The topological polar surface area (TPSA) is 57.0 Å². The minimum absolute atomic E-state index is 0.146. The van der Waals surface area contributed by atoms with Gasteiger partial charge in [-0.15, -0.1) is 0 Å². The van der Waals surface area contributed by atoms with E-state index in [9.17, 15) is 0 Å². The van der Waals surface area contributed by atoms with Crippen LogP contribution in [-0.2, 0) is 4.74 Å². The number of benzene rings is 1. The highest BCUT2D eigenvalue weighted by Gasteiger charge is 2.28. The van der Waals surface area contributed by atoms with Crippen LogP contribution in [0.3, 0.4) is 0 Å². The third-order valence-corrected chi connectivity index (χ3v) is 4.27. The molecule has 1 atom stereocenters. The third kappa shape index (κ3) is 3.48. The van der Waals surface area contributed by atoms with Crippen LogP contribution >= 0.6 is 0 Å². The van der Waals surface area contributed by atoms with Gasteiger partial charge in [-0.2, -0.15) is 0 Å². The van der Waals surface area contributed by atoms with Gasteiger partial charge in [-0.25, -0.2) is 0 Å². The lowest BCUT2D eigenvalue weighted by Crippen LogP contribution is -2.41. The highest BCUT2D eigenvalue weighted by Crippen LogP contribution is 2.37. The molecule has 0 aromatic heterocycles. The summed E-state index contributed by atoms with van der Waals surface area (Å²) >= 11 is 0. The number of methoxy groups -OCH3 is 3. The van der Waals surface area contributed by atoms with Crippen LogP contribution in [-0.4, -0.2) is 52.0 Å². The molecule has 0 saturated carbocycles. The average Bonchev–Trinajstić information content (AvgIpc) is 2.55. The molecule has 1 heterocycles. The van der Waals surface area contributed by atoms with Crippen LogP contribution in [0.15, 0.2) is 18.2 Å². The monoisotopic (exact) mass is 294 g/mol. The molecule has 0 spiro atoms. The number of likely N-dealkylation sites (tertiary alicyclic amines) is 1. The van der Waals surface area contributed by atoms with Crippen molar-refractivity contribution in [2.75, 3.05) is 41.0 Å². The van der Waals surface area contributed by atoms with E-state index in [-0.39, 0.29) is 6.04 Å². The van der Waals surface area contributed by atoms with E-state index >= 15 is 0 Å². The van der Waals surface area contributed by atoms with Crippen molar-refractivity contribution in [3.63, 3.8) is 0 Å². The van der Waals surface area contributed by atoms with Gasteiger partial charge in [0.25, 0.3) is 0 Å². The minimum Gasteiger partial charge on any atom is -0.493 e. The Labute approximate surface area is 127 Å². The molecule has 1 fully saturated rings. The number of rotatable bonds is 6. The number of nitrogens with two attached hydrogens (primary N) is 1. The Balaban J connectivity index is 2.22. The van der Waals surface area contributed by atoms with Crippen molar-refractivity contribution in [2.24, 2.45) is 5.73 Å². The number of hydrogen-bond donors (Lipinski definition) is 1. The molecule has 0 aliphatic carbocycles. The smallest absolute Gasteiger partial charge is 0.165 e. The molecule has 1 aromatic rings. The maximum Gasteiger partial charge on any atom is 0.165 e. The fourth-order valence-corrected chi connectivity index (χ4v) is 3.07. The predicted octanol–water partition coefficient (Wildman–Crippen LogP) is 1.81. The van der Waals surface area contributed by atoms with E-state index < -0.39 is 0 Å². The fraction of sp³-hybridized carbons (Fsp3) is 0.625. The average molecular weight is 294 g/mol. The lowest BCUT2D eigenvalue weighted by molar-refractivity contribution is 0.0277. The summed E-state index contributed by atoms with van der Waals surface area (Å²) in [6.45, 7) is 2.53. The van der Waals surface area contributed by atoms with E-state index in [0.717, 1.165) is 43.0 Å². The van der Waals surface area contributed by atoms with Crippen molar-refractivity contribution in [2.45, 2.75) is 25.0 Å². The van der Waals surface area contributed by atoms with E-state index in [0.29, 0.717) is 12.6 Å². The highest BCUT2D eigenvalue weighted by molar-refractivity contribution is 5.48. The molecule has 1 saturated heterocycles. The first kappa shape index (κ1) is 16.1. The van der Waals surface area contributed by atoms with Crippen LogP contribution in [0.5, 0.6) is 11.5 Å². The molecular weight excluding hydrogens is 268 g/mol. The van der Waals surface area contributed by atoms with Crippen LogP contribution in [0.25, 0.3) is 0 Å². The van der Waals surface area contributed by atoms with Gasteiger partial charge in [0.15, 0.2) is 11.5 Å². The molecule has 118 valence electrons. The number of para-hydroxylation sites is 1. The van der Waals surface area contributed by atoms with Crippen molar-refractivity contribution < 1.29 is 14.2 Å². The maximum atomic E-state index is 6.05. The summed E-state index contributed by atoms with van der Waals surface area (Å²) in [4.78, 5) is 2.41. The summed E-state index contributed by atoms with van der Waals surface area (Å²) in [7, 11) is 5.11. The Bertz CT molecular complexity index is 445. The first-order chi connectivity index (χ1) is 10.2. The summed E-state index contributed by atoms with van der Waals surface area (Å²) in [6.07, 6.45) is 2.45. The molecule has 0 bridgehead atoms. The van der Waals surface area contributed by atoms with Crippen molar-refractivity contribution in [3.05, 3.63) is 23.8 Å². The van der Waals surface area contributed by atoms with Crippen molar-refractivity contribution >= 4 is 0 Å². The Morgan fingerprint density at radius 3 is 2.43 bits per heavy atom. The molecule has 5 heteroatoms. The van der Waals surface area contributed by atoms with Crippen LogP contribution in [0.1, 0.15) is 24.4 Å². The zero-order valence-corrected chi connectivity index (χ0v) is 13.2. The largest absolute Gasteiger partial charge is 0.493 e. The molecule has 0 radical (unpaired) electrons. The van der Waals surface area contributed by atoms with Gasteiger partial charge in [-0.1, -0.05) is 12.1 Å². The molecular formula is C16H26N2O3. The summed E-state index contributed by atoms with van der Waals surface area (Å²) in [5.74, 6) is 1.53. The quantitative estimate of drug-likeness (QED) is 0.867. The predicted molar refractivity (Wildman–Crippen MR) is 82.9 cm³/mol. The minimum atomic E-state index is 0.146. The van der Waals surface area contributed by atoms with E-state index in [1.807, 2.05) is 12.1 Å². The lowest BCUT2D eigenvalue weighted by atomic mass is 9.99. The van der Waals surface area contributed by atoms with Crippen molar-refractivity contribution in [1.29, 1.82) is 0 Å². The maximum absolute atomic E-state index is 6.05. The van der Waals surface area contributed by atoms with E-state index in [4.69, 9.17) is 19.9 Å². The van der Waals surface area contributed by atoms with Gasteiger partial charge in [0.05, 0.1) is 26.4 Å². The van der Waals surface area contributed by atoms with Crippen molar-refractivity contribution in [1.82, 2.24) is 4.90 Å². The summed E-state index contributed by atoms with van der Waals surface area (Å²) in [5.41, 5.74) is 7.14. The number of hydrogen-bond acceptors (Lipinski definition) is 5. The van der Waals surface area contributed by atoms with Gasteiger partial charge in [0.2, 0.25) is 0 Å². The molecule has 0 amide bonds. The summed E-state index contributed by atoms with van der Waals surface area (Å²) in [6, 6.07) is 6.11.